The quantitative estimate of drug-likeness (QED) is 0.337. The van der Waals surface area contributed by atoms with Crippen molar-refractivity contribution in [3.8, 4) is 0 Å². The third-order valence-corrected chi connectivity index (χ3v) is 4.45. The molecule has 0 heterocycles. The molecule has 0 amide bonds. The van der Waals surface area contributed by atoms with Gasteiger partial charge in [0.2, 0.25) is 0 Å². The fraction of sp³-hybridized carbons (Fsp3) is 0.588. The van der Waals surface area contributed by atoms with E-state index in [-0.39, 0.29) is 0 Å². The number of aliphatic imine (C=N–C) groups is 1. The Labute approximate surface area is 147 Å². The number of hydrogen-bond donors (Lipinski definition) is 2. The van der Waals surface area contributed by atoms with Crippen LogP contribution in [0.1, 0.15) is 13.3 Å². The van der Waals surface area contributed by atoms with Crippen molar-refractivity contribution >= 4 is 16.8 Å². The van der Waals surface area contributed by atoms with E-state index in [1.165, 1.54) is 0 Å². The standard InChI is InChI=1S/C17H29N3O3S/c1-3-18-17(19-10-7-12-23-14-13-22-2)20-11-15-24(21)16-8-5-4-6-9-16/h4-6,8-9H,3,7,10-15H2,1-2H3,(H2,18,19,20). The van der Waals surface area contributed by atoms with Gasteiger partial charge in [-0.3, -0.25) is 9.20 Å². The molecule has 1 atom stereocenters. The molecule has 0 radical (unpaired) electrons. The van der Waals surface area contributed by atoms with E-state index in [0.717, 1.165) is 23.8 Å². The average Bonchev–Trinajstić information content (AvgIpc) is 2.61. The number of nitrogens with one attached hydrogen (secondary N) is 2. The zero-order valence-electron chi connectivity index (χ0n) is 14.6. The molecule has 0 spiro atoms. The lowest BCUT2D eigenvalue weighted by atomic mass is 10.4. The summed E-state index contributed by atoms with van der Waals surface area (Å²) in [6.45, 7) is 6.01. The largest absolute Gasteiger partial charge is 0.382 e. The SMILES string of the molecule is CCNC(=NCCCOCCOC)NCCS(=O)c1ccccc1. The van der Waals surface area contributed by atoms with Gasteiger partial charge in [-0.05, 0) is 25.5 Å². The van der Waals surface area contributed by atoms with Crippen molar-refractivity contribution in [2.24, 2.45) is 4.99 Å². The number of rotatable bonds is 12. The molecule has 0 saturated heterocycles. The second-order valence-electron chi connectivity index (χ2n) is 5.01. The van der Waals surface area contributed by atoms with E-state index in [1.807, 2.05) is 37.3 Å². The van der Waals surface area contributed by atoms with Crippen molar-refractivity contribution in [3.05, 3.63) is 30.3 Å². The summed E-state index contributed by atoms with van der Waals surface area (Å²) in [4.78, 5) is 5.34. The number of nitrogens with zero attached hydrogens (tertiary/aromatic N) is 1. The molecule has 0 fully saturated rings. The van der Waals surface area contributed by atoms with Gasteiger partial charge in [0.1, 0.15) is 0 Å². The minimum Gasteiger partial charge on any atom is -0.382 e. The minimum atomic E-state index is -0.993. The van der Waals surface area contributed by atoms with Crippen LogP contribution in [0.4, 0.5) is 0 Å². The zero-order chi connectivity index (χ0) is 17.5. The number of ether oxygens (including phenoxy) is 2. The van der Waals surface area contributed by atoms with Crippen molar-refractivity contribution in [1.29, 1.82) is 0 Å². The first-order valence-corrected chi connectivity index (χ1v) is 9.62. The van der Waals surface area contributed by atoms with Crippen LogP contribution in [0.3, 0.4) is 0 Å². The van der Waals surface area contributed by atoms with Crippen molar-refractivity contribution < 1.29 is 13.7 Å². The molecule has 1 unspecified atom stereocenters. The molecule has 0 saturated carbocycles. The van der Waals surface area contributed by atoms with E-state index in [0.29, 0.717) is 38.7 Å². The Balaban J connectivity index is 2.24. The second-order valence-corrected chi connectivity index (χ2v) is 6.58. The molecule has 1 aromatic carbocycles. The van der Waals surface area contributed by atoms with Gasteiger partial charge in [-0.25, -0.2) is 0 Å². The van der Waals surface area contributed by atoms with Gasteiger partial charge >= 0.3 is 0 Å². The van der Waals surface area contributed by atoms with Gasteiger partial charge in [0.15, 0.2) is 5.96 Å². The molecule has 6 nitrogen and oxygen atoms in total. The van der Waals surface area contributed by atoms with Crippen LogP contribution in [0.25, 0.3) is 0 Å². The maximum absolute atomic E-state index is 12.2. The highest BCUT2D eigenvalue weighted by Gasteiger charge is 2.03. The third-order valence-electron chi connectivity index (χ3n) is 3.08. The van der Waals surface area contributed by atoms with Gasteiger partial charge in [0.05, 0.1) is 24.0 Å². The monoisotopic (exact) mass is 355 g/mol. The fourth-order valence-electron chi connectivity index (χ4n) is 1.90. The molecule has 1 rings (SSSR count). The van der Waals surface area contributed by atoms with Crippen LogP contribution >= 0.6 is 0 Å². The highest BCUT2D eigenvalue weighted by molar-refractivity contribution is 7.85. The Morgan fingerprint density at radius 1 is 1.17 bits per heavy atom. The predicted octanol–water partition coefficient (Wildman–Crippen LogP) is 1.40. The summed E-state index contributed by atoms with van der Waals surface area (Å²) < 4.78 is 22.5. The lowest BCUT2D eigenvalue weighted by Crippen LogP contribution is -2.39. The molecule has 136 valence electrons. The summed E-state index contributed by atoms with van der Waals surface area (Å²) in [5, 5.41) is 6.40. The zero-order valence-corrected chi connectivity index (χ0v) is 15.4. The summed E-state index contributed by atoms with van der Waals surface area (Å²) in [7, 11) is 0.667. The van der Waals surface area contributed by atoms with Gasteiger partial charge in [-0.2, -0.15) is 0 Å². The van der Waals surface area contributed by atoms with Crippen LogP contribution in [0.15, 0.2) is 40.2 Å². The van der Waals surface area contributed by atoms with E-state index in [4.69, 9.17) is 9.47 Å². The predicted molar refractivity (Wildman–Crippen MR) is 99.0 cm³/mol. The lowest BCUT2D eigenvalue weighted by molar-refractivity contribution is 0.0702. The molecule has 24 heavy (non-hydrogen) atoms. The molecule has 1 aromatic rings. The van der Waals surface area contributed by atoms with Crippen LogP contribution in [-0.4, -0.2) is 62.5 Å². The van der Waals surface area contributed by atoms with E-state index in [9.17, 15) is 4.21 Å². The summed E-state index contributed by atoms with van der Waals surface area (Å²) in [6.07, 6.45) is 0.857. The van der Waals surface area contributed by atoms with E-state index < -0.39 is 10.8 Å². The average molecular weight is 356 g/mol. The third kappa shape index (κ3) is 9.64. The number of hydrogen-bond acceptors (Lipinski definition) is 4. The first-order chi connectivity index (χ1) is 11.8. The first-order valence-electron chi connectivity index (χ1n) is 8.30. The van der Waals surface area contributed by atoms with Crippen molar-refractivity contribution in [1.82, 2.24) is 10.6 Å². The number of guanidine groups is 1. The molecule has 0 aliphatic heterocycles. The Kier molecular flexibility index (Phi) is 12.0. The molecule has 0 bridgehead atoms. The maximum atomic E-state index is 12.2. The Bertz CT molecular complexity index is 483. The lowest BCUT2D eigenvalue weighted by Gasteiger charge is -2.11. The van der Waals surface area contributed by atoms with Crippen LogP contribution in [-0.2, 0) is 20.3 Å². The highest BCUT2D eigenvalue weighted by atomic mass is 32.2. The summed E-state index contributed by atoms with van der Waals surface area (Å²) >= 11 is 0. The normalized spacial score (nSPS) is 12.8. The highest BCUT2D eigenvalue weighted by Crippen LogP contribution is 2.04. The van der Waals surface area contributed by atoms with Gasteiger partial charge in [0.25, 0.3) is 0 Å². The molecule has 0 aliphatic rings. The molecule has 0 aliphatic carbocycles. The van der Waals surface area contributed by atoms with Crippen LogP contribution in [0, 0.1) is 0 Å². The Hall–Kier alpha value is -1.44. The van der Waals surface area contributed by atoms with Gasteiger partial charge in [-0.1, -0.05) is 18.2 Å². The summed E-state index contributed by atoms with van der Waals surface area (Å²) in [5.74, 6) is 1.30. The van der Waals surface area contributed by atoms with Crippen LogP contribution in [0.5, 0.6) is 0 Å². The van der Waals surface area contributed by atoms with Crippen LogP contribution in [0.2, 0.25) is 0 Å². The summed E-state index contributed by atoms with van der Waals surface area (Å²) in [5.41, 5.74) is 0. The molecule has 7 heteroatoms. The van der Waals surface area contributed by atoms with Crippen molar-refractivity contribution in [2.45, 2.75) is 18.2 Å². The van der Waals surface area contributed by atoms with Crippen molar-refractivity contribution in [2.75, 3.05) is 52.3 Å². The molecular weight excluding hydrogens is 326 g/mol. The van der Waals surface area contributed by atoms with E-state index in [1.54, 1.807) is 7.11 Å². The molecule has 0 aromatic heterocycles. The van der Waals surface area contributed by atoms with Crippen molar-refractivity contribution in [3.63, 3.8) is 0 Å². The van der Waals surface area contributed by atoms with E-state index >= 15 is 0 Å². The molecule has 2 N–H and O–H groups in total. The minimum absolute atomic E-state index is 0.550. The smallest absolute Gasteiger partial charge is 0.191 e. The van der Waals surface area contributed by atoms with E-state index in [2.05, 4.69) is 15.6 Å². The Morgan fingerprint density at radius 3 is 2.67 bits per heavy atom. The van der Waals surface area contributed by atoms with Gasteiger partial charge in [-0.15, -0.1) is 0 Å². The van der Waals surface area contributed by atoms with Gasteiger partial charge in [0, 0.05) is 44.0 Å². The summed E-state index contributed by atoms with van der Waals surface area (Å²) in [6, 6.07) is 9.51. The van der Waals surface area contributed by atoms with Gasteiger partial charge < -0.3 is 20.1 Å². The second kappa shape index (κ2) is 13.9. The van der Waals surface area contributed by atoms with Crippen LogP contribution < -0.4 is 10.6 Å². The first kappa shape index (κ1) is 20.6. The fourth-order valence-corrected chi connectivity index (χ4v) is 2.88. The maximum Gasteiger partial charge on any atom is 0.191 e. The number of benzene rings is 1. The Morgan fingerprint density at radius 2 is 1.96 bits per heavy atom. The topological polar surface area (TPSA) is 72.0 Å². The molecular formula is C17H29N3O3S. The number of methoxy groups -OCH3 is 1.